The van der Waals surface area contributed by atoms with E-state index in [0.29, 0.717) is 29.2 Å². The second-order valence-electron chi connectivity index (χ2n) is 8.24. The van der Waals surface area contributed by atoms with Gasteiger partial charge in [-0.1, -0.05) is 0 Å². The van der Waals surface area contributed by atoms with E-state index in [0.717, 1.165) is 41.9 Å². The summed E-state index contributed by atoms with van der Waals surface area (Å²) in [6, 6.07) is 7.29. The Hall–Kier alpha value is -3.38. The molecule has 0 radical (unpaired) electrons. The minimum atomic E-state index is -0.169. The highest BCUT2D eigenvalue weighted by molar-refractivity contribution is 5.81. The molecule has 3 aromatic heterocycles. The molecule has 0 aliphatic carbocycles. The van der Waals surface area contributed by atoms with Gasteiger partial charge in [-0.3, -0.25) is 0 Å². The van der Waals surface area contributed by atoms with Crippen LogP contribution in [0.1, 0.15) is 36.3 Å². The predicted octanol–water partition coefficient (Wildman–Crippen LogP) is 1.85. The van der Waals surface area contributed by atoms with Crippen LogP contribution in [0.5, 0.6) is 0 Å². The maximum absolute atomic E-state index is 9.57. The number of nitriles is 1. The zero-order chi connectivity index (χ0) is 21.0. The molecule has 0 amide bonds. The lowest BCUT2D eigenvalue weighted by molar-refractivity contribution is 0.577. The van der Waals surface area contributed by atoms with E-state index in [1.165, 1.54) is 0 Å². The normalized spacial score (nSPS) is 21.2. The van der Waals surface area contributed by atoms with Crippen LogP contribution in [0.25, 0.3) is 11.0 Å². The van der Waals surface area contributed by atoms with Gasteiger partial charge >= 0.3 is 0 Å². The molecule has 9 nitrogen and oxygen atoms in total. The van der Waals surface area contributed by atoms with E-state index in [9.17, 15) is 5.26 Å². The first-order chi connectivity index (χ1) is 14.4. The van der Waals surface area contributed by atoms with Gasteiger partial charge in [-0.15, -0.1) is 0 Å². The summed E-state index contributed by atoms with van der Waals surface area (Å²) in [5.41, 5.74) is 10.9. The van der Waals surface area contributed by atoms with E-state index < -0.39 is 0 Å². The first-order valence-electron chi connectivity index (χ1n) is 10.2. The van der Waals surface area contributed by atoms with Crippen molar-refractivity contribution < 1.29 is 0 Å². The number of aromatic nitrogens is 4. The molecule has 0 unspecified atom stereocenters. The topological polar surface area (TPSA) is 121 Å². The van der Waals surface area contributed by atoms with Crippen molar-refractivity contribution in [2.75, 3.05) is 29.0 Å². The number of nitrogen functional groups attached to an aromatic ring is 1. The number of nitrogens with two attached hydrogens (primary N) is 1. The molecule has 2 aliphatic rings. The van der Waals surface area contributed by atoms with Crippen molar-refractivity contribution in [2.24, 2.45) is 7.05 Å². The Morgan fingerprint density at radius 1 is 1.37 bits per heavy atom. The first-order valence-corrected chi connectivity index (χ1v) is 10.2. The molecule has 4 N–H and O–H groups in total. The number of anilines is 3. The van der Waals surface area contributed by atoms with E-state index in [1.54, 1.807) is 6.92 Å². The quantitative estimate of drug-likeness (QED) is 0.603. The van der Waals surface area contributed by atoms with Crippen LogP contribution >= 0.6 is 0 Å². The third-order valence-corrected chi connectivity index (χ3v) is 6.22. The highest BCUT2D eigenvalue weighted by atomic mass is 15.3. The molecule has 2 aliphatic heterocycles. The molecule has 3 aromatic rings. The van der Waals surface area contributed by atoms with Crippen LogP contribution in [0.3, 0.4) is 0 Å². The maximum Gasteiger partial charge on any atom is 0.222 e. The summed E-state index contributed by atoms with van der Waals surface area (Å²) in [4.78, 5) is 15.9. The Labute approximate surface area is 174 Å². The van der Waals surface area contributed by atoms with Crippen LogP contribution < -0.4 is 21.3 Å². The van der Waals surface area contributed by atoms with Crippen LogP contribution in [0, 0.1) is 18.3 Å². The highest BCUT2D eigenvalue weighted by Gasteiger charge is 2.39. The highest BCUT2D eigenvalue weighted by Crippen LogP contribution is 2.36. The summed E-state index contributed by atoms with van der Waals surface area (Å²) in [5.74, 6) is 0.594. The number of aryl methyl sites for hydroxylation is 2. The average molecular weight is 403 g/mol. The Kier molecular flexibility index (Phi) is 4.25. The molecule has 2 bridgehead atoms. The molecular weight excluding hydrogens is 378 g/mol. The van der Waals surface area contributed by atoms with Crippen molar-refractivity contribution in [3.63, 3.8) is 0 Å². The fraction of sp³-hybridized carbons (Fsp3) is 0.429. The summed E-state index contributed by atoms with van der Waals surface area (Å²) >= 11 is 0. The van der Waals surface area contributed by atoms with Gasteiger partial charge < -0.3 is 25.8 Å². The number of piperazine rings is 1. The number of hydrogen-bond donors (Lipinski definition) is 3. The van der Waals surface area contributed by atoms with Crippen LogP contribution in [-0.4, -0.2) is 44.7 Å². The number of hydrogen-bond acceptors (Lipinski definition) is 8. The zero-order valence-electron chi connectivity index (χ0n) is 17.3. The average Bonchev–Trinajstić information content (AvgIpc) is 3.43. The largest absolute Gasteiger partial charge is 0.368 e. The lowest BCUT2D eigenvalue weighted by Crippen LogP contribution is -2.44. The molecule has 154 valence electrons. The molecule has 30 heavy (non-hydrogen) atoms. The fourth-order valence-corrected chi connectivity index (χ4v) is 4.70. The number of nitrogens with one attached hydrogen (secondary N) is 2. The van der Waals surface area contributed by atoms with E-state index in [1.807, 2.05) is 26.2 Å². The van der Waals surface area contributed by atoms with Gasteiger partial charge in [0.25, 0.3) is 0 Å². The maximum atomic E-state index is 9.57. The SMILES string of the molecule is Cc1nc(N)nc(N[C@@H](C)c2nc3ccn(C)c3cc2N2C[C@@H]3C[C@H]2CN3)c1C#N. The smallest absolute Gasteiger partial charge is 0.222 e. The van der Waals surface area contributed by atoms with Crippen molar-refractivity contribution >= 4 is 28.5 Å². The van der Waals surface area contributed by atoms with E-state index in [2.05, 4.69) is 42.2 Å². The molecule has 5 rings (SSSR count). The molecule has 2 fully saturated rings. The van der Waals surface area contributed by atoms with E-state index >= 15 is 0 Å². The fourth-order valence-electron chi connectivity index (χ4n) is 4.70. The van der Waals surface area contributed by atoms with Crippen molar-refractivity contribution in [1.29, 1.82) is 5.26 Å². The number of nitrogens with zero attached hydrogens (tertiary/aromatic N) is 6. The van der Waals surface area contributed by atoms with Gasteiger partial charge in [0.15, 0.2) is 0 Å². The lowest BCUT2D eigenvalue weighted by atomic mass is 10.1. The summed E-state index contributed by atoms with van der Waals surface area (Å²) in [5, 5.41) is 16.5. The summed E-state index contributed by atoms with van der Waals surface area (Å²) < 4.78 is 2.10. The second kappa shape index (κ2) is 6.85. The molecule has 0 saturated carbocycles. The molecule has 3 atom stereocenters. The monoisotopic (exact) mass is 403 g/mol. The van der Waals surface area contributed by atoms with Gasteiger partial charge in [0, 0.05) is 38.4 Å². The van der Waals surface area contributed by atoms with Gasteiger partial charge in [0.2, 0.25) is 5.95 Å². The minimum Gasteiger partial charge on any atom is -0.368 e. The van der Waals surface area contributed by atoms with Crippen LogP contribution in [0.2, 0.25) is 0 Å². The van der Waals surface area contributed by atoms with Crippen molar-refractivity contribution in [2.45, 2.75) is 38.4 Å². The van der Waals surface area contributed by atoms with Gasteiger partial charge in [0.05, 0.1) is 34.2 Å². The Balaban J connectivity index is 1.58. The Morgan fingerprint density at radius 2 is 2.20 bits per heavy atom. The van der Waals surface area contributed by atoms with E-state index in [-0.39, 0.29) is 12.0 Å². The summed E-state index contributed by atoms with van der Waals surface area (Å²) in [6.07, 6.45) is 3.19. The molecule has 9 heteroatoms. The van der Waals surface area contributed by atoms with Gasteiger partial charge in [0.1, 0.15) is 17.5 Å². The predicted molar refractivity (Wildman–Crippen MR) is 116 cm³/mol. The number of rotatable bonds is 4. The minimum absolute atomic E-state index is 0.149. The van der Waals surface area contributed by atoms with Crippen LogP contribution in [0.15, 0.2) is 18.3 Å². The van der Waals surface area contributed by atoms with Gasteiger partial charge in [-0.05, 0) is 32.4 Å². The molecular formula is C21H25N9. The Morgan fingerprint density at radius 3 is 2.90 bits per heavy atom. The second-order valence-corrected chi connectivity index (χ2v) is 8.24. The van der Waals surface area contributed by atoms with Crippen molar-refractivity contribution in [3.05, 3.63) is 35.3 Å². The van der Waals surface area contributed by atoms with Crippen molar-refractivity contribution in [3.8, 4) is 6.07 Å². The van der Waals surface area contributed by atoms with Gasteiger partial charge in [-0.25, -0.2) is 9.97 Å². The zero-order valence-corrected chi connectivity index (χ0v) is 17.3. The first kappa shape index (κ1) is 18.6. The molecule has 5 heterocycles. The third kappa shape index (κ3) is 2.92. The summed E-state index contributed by atoms with van der Waals surface area (Å²) in [7, 11) is 2.04. The molecule has 0 aromatic carbocycles. The standard InChI is InChI=1S/C21H25N9/c1-11-15(8-22)20(28-21(23)26-11)25-12(2)19-18(30-10-13-6-14(30)9-24-13)7-17-16(27-19)4-5-29(17)3/h4-5,7,12-14,24H,6,9-10H2,1-3H3,(H3,23,25,26,28)/t12-,13-,14-/m0/s1. The third-order valence-electron chi connectivity index (χ3n) is 6.22. The van der Waals surface area contributed by atoms with E-state index in [4.69, 9.17) is 10.7 Å². The lowest BCUT2D eigenvalue weighted by Gasteiger charge is -2.32. The van der Waals surface area contributed by atoms with Gasteiger partial charge in [-0.2, -0.15) is 10.2 Å². The molecule has 0 spiro atoms. The Bertz CT molecular complexity index is 1180. The van der Waals surface area contributed by atoms with Crippen molar-refractivity contribution in [1.82, 2.24) is 24.8 Å². The number of fused-ring (bicyclic) bond motifs is 3. The molecule has 2 saturated heterocycles. The van der Waals surface area contributed by atoms with Crippen LogP contribution in [-0.2, 0) is 7.05 Å². The van der Waals surface area contributed by atoms with Crippen LogP contribution in [0.4, 0.5) is 17.5 Å². The number of pyridine rings is 1. The summed E-state index contributed by atoms with van der Waals surface area (Å²) in [6.45, 7) is 5.78.